The highest BCUT2D eigenvalue weighted by atomic mass is 127. The van der Waals surface area contributed by atoms with E-state index in [1.165, 1.54) is 0 Å². The van der Waals surface area contributed by atoms with E-state index in [0.29, 0.717) is 12.8 Å². The van der Waals surface area contributed by atoms with Crippen molar-refractivity contribution in [3.8, 4) is 0 Å². The molecule has 4 rings (SSSR count). The zero-order valence-corrected chi connectivity index (χ0v) is 18.9. The quantitative estimate of drug-likeness (QED) is 0.238. The van der Waals surface area contributed by atoms with E-state index in [4.69, 9.17) is 14.2 Å². The van der Waals surface area contributed by atoms with Crippen molar-refractivity contribution in [2.45, 2.75) is 86.9 Å². The van der Waals surface area contributed by atoms with E-state index < -0.39 is 33.1 Å². The maximum absolute atomic E-state index is 13.2. The molecule has 0 aromatic rings. The molecule has 0 aromatic carbocycles. The largest absolute Gasteiger partial charge is 0.459 e. The summed E-state index contributed by atoms with van der Waals surface area (Å²) in [6, 6.07) is 0. The number of fused-ring (bicyclic) bond motifs is 1. The number of ether oxygens (including phenoxy) is 3. The van der Waals surface area contributed by atoms with Gasteiger partial charge in [-0.2, -0.15) is 0 Å². The van der Waals surface area contributed by atoms with Gasteiger partial charge in [-0.3, -0.25) is 14.4 Å². The Balaban J connectivity index is 1.55. The molecule has 0 aromatic heterocycles. The molecule has 4 aliphatic rings. The van der Waals surface area contributed by atoms with Crippen molar-refractivity contribution in [1.29, 1.82) is 0 Å². The van der Waals surface area contributed by atoms with Gasteiger partial charge < -0.3 is 14.2 Å². The molecule has 0 N–H and O–H groups in total. The Bertz CT molecular complexity index is 682. The van der Waals surface area contributed by atoms with E-state index in [1.807, 2.05) is 13.8 Å². The normalized spacial score (nSPS) is 39.5. The molecule has 3 aliphatic carbocycles. The predicted molar refractivity (Wildman–Crippen MR) is 109 cm³/mol. The van der Waals surface area contributed by atoms with E-state index in [0.717, 1.165) is 32.1 Å². The van der Waals surface area contributed by atoms with E-state index in [2.05, 4.69) is 29.5 Å². The van der Waals surface area contributed by atoms with Crippen molar-refractivity contribution in [2.75, 3.05) is 0 Å². The summed E-state index contributed by atoms with van der Waals surface area (Å²) in [5.41, 5.74) is -0.393. The van der Waals surface area contributed by atoms with Gasteiger partial charge in [0.05, 0.1) is 11.8 Å². The lowest BCUT2D eigenvalue weighted by molar-refractivity contribution is -0.175. The average molecular weight is 504 g/mol. The van der Waals surface area contributed by atoms with Crippen molar-refractivity contribution < 1.29 is 28.6 Å². The first-order valence-electron chi connectivity index (χ1n) is 10.6. The lowest BCUT2D eigenvalue weighted by atomic mass is 9.78. The summed E-state index contributed by atoms with van der Waals surface area (Å²) >= 11 is 2.10. The molecule has 7 atom stereocenters. The third kappa shape index (κ3) is 3.06. The van der Waals surface area contributed by atoms with Gasteiger partial charge in [0, 0.05) is 11.8 Å². The summed E-state index contributed by atoms with van der Waals surface area (Å²) in [4.78, 5) is 38.4. The van der Waals surface area contributed by atoms with Gasteiger partial charge in [0.2, 0.25) is 0 Å². The van der Waals surface area contributed by atoms with Crippen LogP contribution in [0.15, 0.2) is 0 Å². The lowest BCUT2D eigenvalue weighted by Gasteiger charge is -2.35. The SMILES string of the molecule is CCC1(OC(=O)C2C3CC4C(OC(=O)C42)C3OC(=O)C(C)(I)CC)CCCC1. The van der Waals surface area contributed by atoms with Crippen LogP contribution in [0.3, 0.4) is 0 Å². The molecule has 4 fully saturated rings. The minimum atomic E-state index is -0.631. The molecule has 1 aliphatic heterocycles. The molecule has 7 heteroatoms. The number of hydrogen-bond acceptors (Lipinski definition) is 6. The number of rotatable bonds is 6. The van der Waals surface area contributed by atoms with Crippen LogP contribution in [0.4, 0.5) is 0 Å². The molecule has 1 saturated heterocycles. The summed E-state index contributed by atoms with van der Waals surface area (Å²) in [7, 11) is 0. The second kappa shape index (κ2) is 7.13. The smallest absolute Gasteiger partial charge is 0.322 e. The zero-order chi connectivity index (χ0) is 20.3. The van der Waals surface area contributed by atoms with Crippen LogP contribution in [0.25, 0.3) is 0 Å². The average Bonchev–Trinajstić information content (AvgIpc) is 3.39. The van der Waals surface area contributed by atoms with Crippen LogP contribution < -0.4 is 0 Å². The minimum absolute atomic E-state index is 0.0453. The summed E-state index contributed by atoms with van der Waals surface area (Å²) in [5.74, 6) is -2.17. The summed E-state index contributed by atoms with van der Waals surface area (Å²) in [6.07, 6.45) is 5.07. The molecule has 156 valence electrons. The molecule has 0 amide bonds. The van der Waals surface area contributed by atoms with Gasteiger partial charge >= 0.3 is 17.9 Å². The van der Waals surface area contributed by atoms with Crippen LogP contribution in [0, 0.1) is 23.7 Å². The van der Waals surface area contributed by atoms with Crippen molar-refractivity contribution >= 4 is 40.5 Å². The van der Waals surface area contributed by atoms with E-state index in [1.54, 1.807) is 0 Å². The van der Waals surface area contributed by atoms with Gasteiger partial charge in [-0.1, -0.05) is 36.4 Å². The van der Waals surface area contributed by atoms with Crippen LogP contribution >= 0.6 is 22.6 Å². The number of carbonyl (C=O) groups excluding carboxylic acids is 3. The van der Waals surface area contributed by atoms with Gasteiger partial charge in [-0.25, -0.2) is 0 Å². The molecule has 2 bridgehead atoms. The number of esters is 3. The van der Waals surface area contributed by atoms with Crippen LogP contribution in [0.5, 0.6) is 0 Å². The van der Waals surface area contributed by atoms with Crippen LogP contribution in [-0.2, 0) is 28.6 Å². The third-order valence-corrected chi connectivity index (χ3v) is 8.83. The first-order chi connectivity index (χ1) is 13.2. The molecule has 28 heavy (non-hydrogen) atoms. The second-order valence-electron chi connectivity index (χ2n) is 9.10. The van der Waals surface area contributed by atoms with E-state index in [9.17, 15) is 14.4 Å². The fraction of sp³-hybridized carbons (Fsp3) is 0.857. The Morgan fingerprint density at radius 3 is 2.54 bits per heavy atom. The Labute approximate surface area is 179 Å². The van der Waals surface area contributed by atoms with Crippen LogP contribution in [0.2, 0.25) is 0 Å². The molecule has 7 unspecified atom stereocenters. The molecule has 3 saturated carbocycles. The Kier molecular flexibility index (Phi) is 5.20. The van der Waals surface area contributed by atoms with Gasteiger partial charge in [0.25, 0.3) is 0 Å². The van der Waals surface area contributed by atoms with E-state index in [-0.39, 0.29) is 29.7 Å². The molecule has 1 heterocycles. The number of alkyl halides is 1. The van der Waals surface area contributed by atoms with Gasteiger partial charge in [-0.05, 0) is 51.9 Å². The number of carbonyl (C=O) groups is 3. The van der Waals surface area contributed by atoms with Crippen molar-refractivity contribution in [1.82, 2.24) is 0 Å². The fourth-order valence-electron chi connectivity index (χ4n) is 5.69. The molecule has 0 spiro atoms. The molecule has 6 nitrogen and oxygen atoms in total. The lowest BCUT2D eigenvalue weighted by Crippen LogP contribution is -2.47. The Morgan fingerprint density at radius 2 is 1.93 bits per heavy atom. The van der Waals surface area contributed by atoms with Crippen molar-refractivity contribution in [2.24, 2.45) is 23.7 Å². The highest BCUT2D eigenvalue weighted by Crippen LogP contribution is 2.59. The van der Waals surface area contributed by atoms with Crippen molar-refractivity contribution in [3.63, 3.8) is 0 Å². The summed E-state index contributed by atoms with van der Waals surface area (Å²) in [6.45, 7) is 5.82. The van der Waals surface area contributed by atoms with Gasteiger partial charge in [0.15, 0.2) is 0 Å². The summed E-state index contributed by atoms with van der Waals surface area (Å²) in [5, 5.41) is 0. The monoisotopic (exact) mass is 504 g/mol. The highest BCUT2D eigenvalue weighted by Gasteiger charge is 2.70. The first kappa shape index (κ1) is 20.4. The summed E-state index contributed by atoms with van der Waals surface area (Å²) < 4.78 is 16.8. The zero-order valence-electron chi connectivity index (χ0n) is 16.7. The Morgan fingerprint density at radius 1 is 1.25 bits per heavy atom. The Hall–Kier alpha value is -0.860. The van der Waals surface area contributed by atoms with Crippen LogP contribution in [-0.4, -0.2) is 39.1 Å². The van der Waals surface area contributed by atoms with Crippen molar-refractivity contribution in [3.05, 3.63) is 0 Å². The maximum atomic E-state index is 13.2. The standard InChI is InChI=1S/C21H29IO6/c1-4-20(3,22)19(25)27-16-12-10-11-13(17(23)26-15(11)16)14(12)18(24)28-21(5-2)8-6-7-9-21/h11-16H,4-10H2,1-3H3. The minimum Gasteiger partial charge on any atom is -0.459 e. The third-order valence-electron chi connectivity index (χ3n) is 7.63. The highest BCUT2D eigenvalue weighted by molar-refractivity contribution is 14.1. The molecular weight excluding hydrogens is 475 g/mol. The van der Waals surface area contributed by atoms with Gasteiger partial charge in [0.1, 0.15) is 21.2 Å². The topological polar surface area (TPSA) is 78.9 Å². The molecule has 0 radical (unpaired) electrons. The number of hydrogen-bond donors (Lipinski definition) is 0. The number of halogens is 1. The molecular formula is C21H29IO6. The maximum Gasteiger partial charge on any atom is 0.322 e. The fourth-order valence-corrected chi connectivity index (χ4v) is 5.82. The first-order valence-corrected chi connectivity index (χ1v) is 11.6. The second-order valence-corrected chi connectivity index (χ2v) is 11.5. The van der Waals surface area contributed by atoms with Gasteiger partial charge in [-0.15, -0.1) is 0 Å². The predicted octanol–water partition coefficient (Wildman–Crippen LogP) is 3.58. The van der Waals surface area contributed by atoms with Crippen LogP contribution in [0.1, 0.15) is 65.7 Å². The van der Waals surface area contributed by atoms with E-state index >= 15 is 0 Å².